The molecule has 0 aromatic carbocycles. The largest absolute Gasteiger partial charge is 0.339 e. The van der Waals surface area contributed by atoms with Crippen molar-refractivity contribution in [2.45, 2.75) is 6.67 Å². The number of H-pyrrole nitrogens is 1. The zero-order valence-corrected chi connectivity index (χ0v) is 8.21. The Kier molecular flexibility index (Phi) is 2.07. The van der Waals surface area contributed by atoms with Crippen molar-refractivity contribution in [2.75, 3.05) is 0 Å². The van der Waals surface area contributed by atoms with Crippen LogP contribution >= 0.6 is 0 Å². The normalized spacial score (nSPS) is 10.8. The fourth-order valence-electron chi connectivity index (χ4n) is 1.43. The molecule has 2 heterocycles. The van der Waals surface area contributed by atoms with Gasteiger partial charge in [-0.05, 0) is 0 Å². The SMILES string of the molecule is Cn1c(=O)n(C[N+](=O)[O-])c(=O)c2[nH]cnc21. The van der Waals surface area contributed by atoms with E-state index in [0.29, 0.717) is 4.57 Å². The molecular formula is C7H7N5O4. The fourth-order valence-corrected chi connectivity index (χ4v) is 1.43. The number of hydrogen-bond donors (Lipinski definition) is 1. The predicted molar refractivity (Wildman–Crippen MR) is 52.6 cm³/mol. The minimum Gasteiger partial charge on any atom is -0.339 e. The van der Waals surface area contributed by atoms with E-state index in [9.17, 15) is 19.7 Å². The van der Waals surface area contributed by atoms with Gasteiger partial charge in [0, 0.05) is 12.0 Å². The van der Waals surface area contributed by atoms with E-state index in [1.807, 2.05) is 0 Å². The van der Waals surface area contributed by atoms with Crippen molar-refractivity contribution in [3.05, 3.63) is 37.3 Å². The Morgan fingerprint density at radius 2 is 2.25 bits per heavy atom. The van der Waals surface area contributed by atoms with Crippen LogP contribution in [0.5, 0.6) is 0 Å². The molecule has 84 valence electrons. The average Bonchev–Trinajstić information content (AvgIpc) is 2.70. The third-order valence-electron chi connectivity index (χ3n) is 2.17. The highest BCUT2D eigenvalue weighted by molar-refractivity contribution is 5.68. The van der Waals surface area contributed by atoms with Crippen molar-refractivity contribution in [2.24, 2.45) is 7.05 Å². The number of rotatable bonds is 2. The van der Waals surface area contributed by atoms with E-state index in [1.54, 1.807) is 0 Å². The molecule has 0 fully saturated rings. The highest BCUT2D eigenvalue weighted by Crippen LogP contribution is 1.98. The van der Waals surface area contributed by atoms with Gasteiger partial charge < -0.3 is 4.98 Å². The molecule has 2 aromatic rings. The van der Waals surface area contributed by atoms with E-state index >= 15 is 0 Å². The third-order valence-corrected chi connectivity index (χ3v) is 2.17. The van der Waals surface area contributed by atoms with E-state index in [1.165, 1.54) is 13.4 Å². The number of hydrogen-bond acceptors (Lipinski definition) is 5. The Morgan fingerprint density at radius 3 is 2.88 bits per heavy atom. The molecular weight excluding hydrogens is 218 g/mol. The zero-order chi connectivity index (χ0) is 11.9. The number of fused-ring (bicyclic) bond motifs is 1. The topological polar surface area (TPSA) is 116 Å². The second kappa shape index (κ2) is 3.29. The molecule has 0 spiro atoms. The summed E-state index contributed by atoms with van der Waals surface area (Å²) in [5.74, 6) is 0. The van der Waals surface area contributed by atoms with Gasteiger partial charge in [-0.15, -0.1) is 0 Å². The minimum absolute atomic E-state index is 0.0731. The molecule has 0 aliphatic heterocycles. The number of nitrogens with zero attached hydrogens (tertiary/aromatic N) is 4. The molecule has 0 unspecified atom stereocenters. The van der Waals surface area contributed by atoms with E-state index in [2.05, 4.69) is 9.97 Å². The maximum atomic E-state index is 11.7. The Morgan fingerprint density at radius 1 is 1.56 bits per heavy atom. The summed E-state index contributed by atoms with van der Waals surface area (Å²) in [6, 6.07) is 0. The molecule has 0 aliphatic carbocycles. The van der Waals surface area contributed by atoms with Crippen molar-refractivity contribution in [3.8, 4) is 0 Å². The van der Waals surface area contributed by atoms with E-state index in [4.69, 9.17) is 0 Å². The van der Waals surface area contributed by atoms with Crippen LogP contribution in [-0.2, 0) is 13.7 Å². The molecule has 0 amide bonds. The first-order valence-electron chi connectivity index (χ1n) is 4.27. The summed E-state index contributed by atoms with van der Waals surface area (Å²) in [5, 5.41) is 10.3. The van der Waals surface area contributed by atoms with Crippen LogP contribution in [0.25, 0.3) is 11.2 Å². The highest BCUT2D eigenvalue weighted by Gasteiger charge is 2.15. The van der Waals surface area contributed by atoms with Gasteiger partial charge in [-0.3, -0.25) is 19.5 Å². The fraction of sp³-hybridized carbons (Fsp3) is 0.286. The van der Waals surface area contributed by atoms with Gasteiger partial charge in [0.2, 0.25) is 0 Å². The smallest absolute Gasteiger partial charge is 0.337 e. The minimum atomic E-state index is -0.861. The number of imidazole rings is 1. The molecule has 16 heavy (non-hydrogen) atoms. The number of aromatic amines is 1. The number of nitrogens with one attached hydrogen (secondary N) is 1. The summed E-state index contributed by atoms with van der Waals surface area (Å²) in [4.78, 5) is 39.2. The molecule has 1 N–H and O–H groups in total. The van der Waals surface area contributed by atoms with Crippen molar-refractivity contribution in [1.29, 1.82) is 0 Å². The maximum absolute atomic E-state index is 11.7. The molecule has 2 aromatic heterocycles. The number of aryl methyl sites for hydroxylation is 1. The molecule has 0 saturated heterocycles. The first kappa shape index (κ1) is 10.1. The Balaban J connectivity index is 2.89. The van der Waals surface area contributed by atoms with Crippen LogP contribution in [0.4, 0.5) is 0 Å². The van der Waals surface area contributed by atoms with Crippen molar-refractivity contribution < 1.29 is 4.92 Å². The van der Waals surface area contributed by atoms with E-state index in [0.717, 1.165) is 4.57 Å². The van der Waals surface area contributed by atoms with E-state index < -0.39 is 22.8 Å². The van der Waals surface area contributed by atoms with Gasteiger partial charge in [-0.25, -0.2) is 9.78 Å². The van der Waals surface area contributed by atoms with Crippen LogP contribution in [0.3, 0.4) is 0 Å². The van der Waals surface area contributed by atoms with Gasteiger partial charge in [0.15, 0.2) is 5.65 Å². The second-order valence-electron chi connectivity index (χ2n) is 3.15. The number of nitro groups is 1. The standard InChI is InChI=1S/C7H7N5O4/c1-10-5-4(8-2-9-5)6(13)11(7(10)14)3-12(15)16/h2H,3H2,1H3,(H,8,9). The maximum Gasteiger partial charge on any atom is 0.337 e. The van der Waals surface area contributed by atoms with Crippen LogP contribution in [0.15, 0.2) is 15.9 Å². The molecule has 2 rings (SSSR count). The second-order valence-corrected chi connectivity index (χ2v) is 3.15. The van der Waals surface area contributed by atoms with Crippen LogP contribution in [0.2, 0.25) is 0 Å². The van der Waals surface area contributed by atoms with Gasteiger partial charge in [-0.2, -0.15) is 4.57 Å². The Bertz CT molecular complexity index is 678. The van der Waals surface area contributed by atoms with Gasteiger partial charge in [0.05, 0.1) is 6.33 Å². The van der Waals surface area contributed by atoms with Crippen LogP contribution in [0, 0.1) is 10.1 Å². The van der Waals surface area contributed by atoms with Crippen molar-refractivity contribution >= 4 is 11.2 Å². The van der Waals surface area contributed by atoms with Crippen LogP contribution in [0.1, 0.15) is 0 Å². The summed E-state index contributed by atoms with van der Waals surface area (Å²) in [7, 11) is 1.39. The molecule has 9 nitrogen and oxygen atoms in total. The quantitative estimate of drug-likeness (QED) is 0.501. The highest BCUT2D eigenvalue weighted by atomic mass is 16.6. The first-order valence-corrected chi connectivity index (χ1v) is 4.27. The Labute approximate surface area is 87.1 Å². The lowest BCUT2D eigenvalue weighted by Gasteiger charge is -2.02. The summed E-state index contributed by atoms with van der Waals surface area (Å²) in [5.41, 5.74) is -1.26. The predicted octanol–water partition coefficient (Wildman–Crippen LogP) is -1.34. The molecule has 0 aliphatic rings. The molecule has 0 saturated carbocycles. The van der Waals surface area contributed by atoms with Gasteiger partial charge in [0.25, 0.3) is 12.2 Å². The molecule has 0 radical (unpaired) electrons. The lowest BCUT2D eigenvalue weighted by Crippen LogP contribution is -2.40. The lowest BCUT2D eigenvalue weighted by atomic mass is 10.5. The monoisotopic (exact) mass is 225 g/mol. The van der Waals surface area contributed by atoms with Crippen molar-refractivity contribution in [1.82, 2.24) is 19.1 Å². The van der Waals surface area contributed by atoms with Crippen molar-refractivity contribution in [3.63, 3.8) is 0 Å². The summed E-state index contributed by atoms with van der Waals surface area (Å²) < 4.78 is 1.62. The Hall–Kier alpha value is -2.45. The summed E-state index contributed by atoms with van der Waals surface area (Å²) in [6.07, 6.45) is 1.25. The first-order chi connectivity index (χ1) is 7.52. The number of aromatic nitrogens is 4. The van der Waals surface area contributed by atoms with Gasteiger partial charge in [-0.1, -0.05) is 0 Å². The van der Waals surface area contributed by atoms with Gasteiger partial charge >= 0.3 is 5.69 Å². The summed E-state index contributed by atoms with van der Waals surface area (Å²) >= 11 is 0. The van der Waals surface area contributed by atoms with Crippen LogP contribution < -0.4 is 11.2 Å². The lowest BCUT2D eigenvalue weighted by molar-refractivity contribution is -0.515. The molecule has 0 atom stereocenters. The average molecular weight is 225 g/mol. The third kappa shape index (κ3) is 1.29. The zero-order valence-electron chi connectivity index (χ0n) is 8.21. The molecule has 9 heteroatoms. The van der Waals surface area contributed by atoms with Gasteiger partial charge in [0.1, 0.15) is 5.52 Å². The summed E-state index contributed by atoms with van der Waals surface area (Å²) in [6.45, 7) is -0.861. The van der Waals surface area contributed by atoms with E-state index in [-0.39, 0.29) is 11.2 Å². The van der Waals surface area contributed by atoms with Crippen LogP contribution in [-0.4, -0.2) is 24.0 Å². The molecule has 0 bridgehead atoms.